The molecule has 8 aliphatic heterocycles. The van der Waals surface area contributed by atoms with Gasteiger partial charge >= 0.3 is 11.9 Å². The molecule has 20 N–H and O–H groups in total. The van der Waals surface area contributed by atoms with Crippen molar-refractivity contribution < 1.29 is 142 Å². The molecule has 2 fully saturated rings. The molecule has 18 atom stereocenters. The Bertz CT molecular complexity index is 5180. The summed E-state index contributed by atoms with van der Waals surface area (Å²) in [6.45, 7) is 1.11. The first-order chi connectivity index (χ1) is 58.3. The molecule has 0 aliphatic carbocycles. The molecule has 8 heterocycles. The van der Waals surface area contributed by atoms with E-state index in [0.717, 1.165) is 118 Å². The van der Waals surface area contributed by atoms with E-state index in [9.17, 15) is 80.5 Å². The quantitative estimate of drug-likeness (QED) is 0.0426. The number of phenols is 4. The maximum atomic E-state index is 16.7. The lowest BCUT2D eigenvalue weighted by molar-refractivity contribution is -0.277. The summed E-state index contributed by atoms with van der Waals surface area (Å²) in [4.78, 5) is 136. The molecule has 7 amide bonds. The number of hydrogen-bond acceptors (Lipinski definition) is 29. The highest BCUT2D eigenvalue weighted by Crippen LogP contribution is 2.50. The number of benzene rings is 7. The normalized spacial score (nSPS) is 26.4. The van der Waals surface area contributed by atoms with Crippen molar-refractivity contribution in [1.82, 2.24) is 42.5 Å². The van der Waals surface area contributed by atoms with Crippen molar-refractivity contribution in [1.29, 1.82) is 0 Å². The summed E-state index contributed by atoms with van der Waals surface area (Å²) in [5.41, 5.74) is -3.19. The fraction of sp³-hybridized carbons (Fsp3) is 0.386. The second-order valence-corrected chi connectivity index (χ2v) is 30.7. The Morgan fingerprint density at radius 2 is 1.18 bits per heavy atom. The van der Waals surface area contributed by atoms with Gasteiger partial charge < -0.3 is 142 Å². The summed E-state index contributed by atoms with van der Waals surface area (Å²) in [5, 5.41) is 157. The van der Waals surface area contributed by atoms with Crippen molar-refractivity contribution in [3.05, 3.63) is 164 Å². The third kappa shape index (κ3) is 18.8. The van der Waals surface area contributed by atoms with E-state index >= 15 is 24.0 Å². The lowest BCUT2D eigenvalue weighted by atomic mass is 9.89. The summed E-state index contributed by atoms with van der Waals surface area (Å²) in [7, 11) is 2.38. The first kappa shape index (κ1) is 88.0. The number of aliphatic hydroxyl groups is 7. The first-order valence-corrected chi connectivity index (χ1v) is 39.7. The Morgan fingerprint density at radius 1 is 0.541 bits per heavy atom. The number of aliphatic carboxylic acids is 1. The molecule has 0 unspecified atom stereocenters. The zero-order valence-corrected chi connectivity index (χ0v) is 66.7. The molecular weight excluding hydrogens is 1640 g/mol. The first-order valence-electron chi connectivity index (χ1n) is 38.9. The van der Waals surface area contributed by atoms with Crippen molar-refractivity contribution in [2.24, 2.45) is 0 Å². The number of ether oxygens (including phenoxy) is 8. The Kier molecular flexibility index (Phi) is 27.1. The van der Waals surface area contributed by atoms with Crippen LogP contribution in [0.15, 0.2) is 115 Å². The Labute approximate surface area is 704 Å². The van der Waals surface area contributed by atoms with E-state index in [-0.39, 0.29) is 34.8 Å². The highest BCUT2D eigenvalue weighted by Gasteiger charge is 2.52. The number of rotatable bonds is 18. The van der Waals surface area contributed by atoms with Crippen LogP contribution in [0.4, 0.5) is 0 Å². The molecule has 0 radical (unpaired) electrons. The predicted octanol–water partition coefficient (Wildman–Crippen LogP) is 4.03. The molecule has 17 bridgehead atoms. The zero-order valence-electron chi connectivity index (χ0n) is 65.2. The monoisotopic (exact) mass is 1730 g/mol. The number of likely N-dealkylation sites (N-methyl/N-ethyl adjacent to an activating group) is 1. The van der Waals surface area contributed by atoms with Crippen LogP contribution in [0, 0.1) is 0 Å². The van der Waals surface area contributed by atoms with Crippen LogP contribution in [0.3, 0.4) is 0 Å². The molecule has 7 aromatic rings. The summed E-state index contributed by atoms with van der Waals surface area (Å²) in [5.74, 6) is -18.6. The number of carboxylic acid groups (broad SMARTS) is 1. The lowest BCUT2D eigenvalue weighted by Crippen LogP contribution is -2.66. The second-order valence-electron chi connectivity index (χ2n) is 29.9. The number of esters is 1. The molecule has 0 aromatic heterocycles. The summed E-state index contributed by atoms with van der Waals surface area (Å²) >= 11 is 14.2. The SMILES string of the molecule is CCCCCCCCCCC(=O)N[C@H]1[C@H](Oc2c3cc4cc2Oc2ccc(cc2Cl)[C@@H](O)[C@@H]2NC(=O)[C@H](NC(=O)[C@@H]4NC(=O)[C@H]4NC(=O)[C@@H](Cc5ccc(cc5)O3)NC(=O)[C@@H](NC)c3ccc(O)c(c3)Oc3cc(O)c(Cl)c4c3)c3ccc(O)c(c3)-c3c(O[C@H]4O[C@H](CO)[C@@H](O)[C@H](O)[C@@H]4O)cc(O)cc3[C@@H](C(=O)O)NC2=O)O[C@H](C(=O)OC)[C@@H](O)[C@@H]1O. The van der Waals surface area contributed by atoms with Gasteiger partial charge in [0.05, 0.1) is 23.8 Å². The van der Waals surface area contributed by atoms with Crippen LogP contribution in [0.2, 0.25) is 10.0 Å². The number of carbonyl (C=O) groups is 9. The van der Waals surface area contributed by atoms with Gasteiger partial charge in [-0.05, 0) is 114 Å². The van der Waals surface area contributed by atoms with Gasteiger partial charge in [0.15, 0.2) is 35.1 Å². The molecule has 15 rings (SSSR count). The van der Waals surface area contributed by atoms with E-state index in [1.54, 1.807) is 0 Å². The fourth-order valence-corrected chi connectivity index (χ4v) is 15.6. The average Bonchev–Trinajstić information content (AvgIpc) is 0.755. The summed E-state index contributed by atoms with van der Waals surface area (Å²) in [6.07, 6.45) is -14.5. The molecule has 0 saturated carbocycles. The molecule has 7 aromatic carbocycles. The average molecular weight is 1730 g/mol. The van der Waals surface area contributed by atoms with Crippen molar-refractivity contribution >= 4 is 76.5 Å². The Balaban J connectivity index is 1.04. The number of amides is 7. The van der Waals surface area contributed by atoms with Gasteiger partial charge in [0.1, 0.15) is 125 Å². The number of carbonyl (C=O) groups excluding carboxylic acids is 8. The number of unbranched alkanes of at least 4 members (excludes halogenated alkanes) is 7. The number of carboxylic acids is 1. The zero-order chi connectivity index (χ0) is 87.4. The minimum atomic E-state index is -2.45. The summed E-state index contributed by atoms with van der Waals surface area (Å²) in [6, 6.07) is 4.80. The Hall–Kier alpha value is -11.8. The van der Waals surface area contributed by atoms with Gasteiger partial charge in [-0.1, -0.05) is 105 Å². The third-order valence-electron chi connectivity index (χ3n) is 21.7. The fourth-order valence-electron chi connectivity index (χ4n) is 15.2. The molecule has 39 heteroatoms. The number of aromatic hydroxyl groups is 4. The molecule has 0 spiro atoms. The maximum absolute atomic E-state index is 16.7. The second kappa shape index (κ2) is 37.6. The van der Waals surface area contributed by atoms with E-state index in [4.69, 9.17) is 61.1 Å². The van der Waals surface area contributed by atoms with E-state index < -0.39 is 271 Å². The molecule has 8 aliphatic rings. The van der Waals surface area contributed by atoms with E-state index in [1.807, 2.05) is 0 Å². The number of phenolic OH excluding ortho intramolecular Hbond substituents is 4. The minimum absolute atomic E-state index is 0.124. The maximum Gasteiger partial charge on any atom is 0.337 e. The third-order valence-corrected chi connectivity index (χ3v) is 22.4. The highest BCUT2D eigenvalue weighted by molar-refractivity contribution is 6.33. The van der Waals surface area contributed by atoms with Crippen molar-refractivity contribution in [2.45, 2.75) is 181 Å². The van der Waals surface area contributed by atoms with Crippen molar-refractivity contribution in [3.8, 4) is 80.1 Å². The van der Waals surface area contributed by atoms with Crippen LogP contribution in [0.5, 0.6) is 69.0 Å². The van der Waals surface area contributed by atoms with Crippen LogP contribution >= 0.6 is 23.2 Å². The van der Waals surface area contributed by atoms with Gasteiger partial charge in [-0.3, -0.25) is 33.6 Å². The van der Waals surface area contributed by atoms with Gasteiger partial charge in [0.25, 0.3) is 0 Å². The number of hydrogen-bond donors (Lipinski definition) is 20. The van der Waals surface area contributed by atoms with Gasteiger partial charge in [0, 0.05) is 47.2 Å². The molecular formula is C83H88Cl2N8O29. The summed E-state index contributed by atoms with van der Waals surface area (Å²) < 4.78 is 49.4. The van der Waals surface area contributed by atoms with Gasteiger partial charge in [0.2, 0.25) is 59.7 Å². The topological polar surface area (TPSA) is 566 Å². The molecule has 37 nitrogen and oxygen atoms in total. The Morgan fingerprint density at radius 3 is 1.87 bits per heavy atom. The minimum Gasteiger partial charge on any atom is -0.508 e. The molecule has 122 heavy (non-hydrogen) atoms. The van der Waals surface area contributed by atoms with Gasteiger partial charge in [-0.2, -0.15) is 0 Å². The number of nitrogens with one attached hydrogen (secondary N) is 8. The highest BCUT2D eigenvalue weighted by atomic mass is 35.5. The van der Waals surface area contributed by atoms with Crippen LogP contribution in [0.1, 0.15) is 140 Å². The number of aliphatic hydroxyl groups excluding tert-OH is 7. The van der Waals surface area contributed by atoms with Gasteiger partial charge in [-0.15, -0.1) is 0 Å². The predicted molar refractivity (Wildman–Crippen MR) is 423 cm³/mol. The molecule has 2 saturated heterocycles. The largest absolute Gasteiger partial charge is 0.508 e. The number of methoxy groups -OCH3 is 1. The van der Waals surface area contributed by atoms with Crippen LogP contribution in [-0.2, 0) is 63.8 Å². The molecule has 648 valence electrons. The number of fused-ring (bicyclic) bond motifs is 14. The van der Waals surface area contributed by atoms with Crippen molar-refractivity contribution in [2.75, 3.05) is 20.8 Å². The van der Waals surface area contributed by atoms with E-state index in [0.29, 0.717) is 18.4 Å². The standard InChI is InChI=1S/C83H88Cl2N8O29/c1-4-5-6-7-8-9-10-11-12-56(99)88-65-68(102)70(104)73(81(114)115-3)122-82(65)121-72-53-27-38-28-54(72)118-50-22-17-37(25-45(50)84)66(100)64-79(111)92-63(80(112)113)43-29-39(95)30-52(119-83-71(105)69(103)67(101)55(33-94)120-83)57(43)42-24-35(15-20-47(42)96)60(76(108)93-64)89-77(109)61(38)90-78(110)62-44-31-41(32-49(98)58(44)85)117-51-26-36(16-21-48(51)97)59(86-2)75(107)87-46(74(106)91-62)23-34-13-18-40(116-53)19-14-34/h13-22,24-32,46,55,59-71,73,82-83,86,94-98,100-105H,4-12,23,33H2,1-3H3,(H,87,107)(H,88,99)(H,89,109)(H,90,110)(H,91,106)(H,92,111)(H,93,108)(H,112,113)/t46-,55-,59+,60-,61-,62+,63+,64+,65-,66-,67-,68-,69+,70+,71+,73+,82-,83+/m1/s1. The van der Waals surface area contributed by atoms with Gasteiger partial charge in [-0.25, -0.2) is 9.59 Å². The van der Waals surface area contributed by atoms with Crippen molar-refractivity contribution in [3.63, 3.8) is 0 Å². The number of halogens is 2. The van der Waals surface area contributed by atoms with Crippen LogP contribution < -0.4 is 66.2 Å². The van der Waals surface area contributed by atoms with E-state index in [2.05, 4.69) is 49.5 Å². The van der Waals surface area contributed by atoms with Crippen LogP contribution in [-0.4, -0.2) is 209 Å². The van der Waals surface area contributed by atoms with Crippen LogP contribution in [0.25, 0.3) is 11.1 Å². The smallest absolute Gasteiger partial charge is 0.337 e. The lowest BCUT2D eigenvalue weighted by Gasteiger charge is -2.41. The van der Waals surface area contributed by atoms with E-state index in [1.165, 1.54) is 49.5 Å².